The van der Waals surface area contributed by atoms with Crippen LogP contribution in [0.5, 0.6) is 0 Å². The zero-order valence-electron chi connectivity index (χ0n) is 10.3. The van der Waals surface area contributed by atoms with E-state index in [1.54, 1.807) is 13.8 Å². The standard InChI is InChI=1S/C11H18F3N3/c1-8(2)17-10(11(12,13)14)7-9(16-17)5-4-6-15-3/h7-8,15H,4-6H2,1-3H3. The molecule has 0 aromatic carbocycles. The molecule has 0 atom stereocenters. The van der Waals surface area contributed by atoms with E-state index in [1.807, 2.05) is 7.05 Å². The van der Waals surface area contributed by atoms with Crippen LogP contribution in [-0.2, 0) is 12.6 Å². The maximum absolute atomic E-state index is 12.7. The van der Waals surface area contributed by atoms with Gasteiger partial charge in [0.25, 0.3) is 0 Å². The molecule has 98 valence electrons. The van der Waals surface area contributed by atoms with Crippen molar-refractivity contribution in [3.63, 3.8) is 0 Å². The Morgan fingerprint density at radius 1 is 1.41 bits per heavy atom. The molecule has 0 saturated carbocycles. The minimum atomic E-state index is -4.33. The summed E-state index contributed by atoms with van der Waals surface area (Å²) in [6.07, 6.45) is -2.99. The maximum atomic E-state index is 12.7. The molecule has 0 fully saturated rings. The summed E-state index contributed by atoms with van der Waals surface area (Å²) in [4.78, 5) is 0. The third-order valence-corrected chi connectivity index (χ3v) is 2.43. The number of nitrogens with zero attached hydrogens (tertiary/aromatic N) is 2. The summed E-state index contributed by atoms with van der Waals surface area (Å²) in [5.74, 6) is 0. The van der Waals surface area contributed by atoms with Crippen LogP contribution < -0.4 is 5.32 Å². The van der Waals surface area contributed by atoms with Gasteiger partial charge in [-0.2, -0.15) is 18.3 Å². The molecule has 0 saturated heterocycles. The summed E-state index contributed by atoms with van der Waals surface area (Å²) in [6.45, 7) is 4.16. The van der Waals surface area contributed by atoms with Crippen molar-refractivity contribution in [1.82, 2.24) is 15.1 Å². The molecule has 17 heavy (non-hydrogen) atoms. The van der Waals surface area contributed by atoms with Crippen molar-refractivity contribution >= 4 is 0 Å². The van der Waals surface area contributed by atoms with Crippen molar-refractivity contribution in [3.05, 3.63) is 17.5 Å². The highest BCUT2D eigenvalue weighted by molar-refractivity contribution is 5.14. The van der Waals surface area contributed by atoms with Crippen molar-refractivity contribution in [2.45, 2.75) is 38.9 Å². The van der Waals surface area contributed by atoms with Crippen molar-refractivity contribution < 1.29 is 13.2 Å². The number of aryl methyl sites for hydroxylation is 1. The van der Waals surface area contributed by atoms with E-state index in [4.69, 9.17) is 0 Å². The van der Waals surface area contributed by atoms with E-state index in [0.717, 1.165) is 23.7 Å². The number of halogens is 3. The molecule has 0 bridgehead atoms. The van der Waals surface area contributed by atoms with Gasteiger partial charge in [-0.15, -0.1) is 0 Å². The monoisotopic (exact) mass is 249 g/mol. The third kappa shape index (κ3) is 3.73. The molecule has 3 nitrogen and oxygen atoms in total. The summed E-state index contributed by atoms with van der Waals surface area (Å²) in [5.41, 5.74) is -0.159. The summed E-state index contributed by atoms with van der Waals surface area (Å²) >= 11 is 0. The fraction of sp³-hybridized carbons (Fsp3) is 0.727. The van der Waals surface area contributed by atoms with Crippen LogP contribution >= 0.6 is 0 Å². The highest BCUT2D eigenvalue weighted by Gasteiger charge is 2.36. The largest absolute Gasteiger partial charge is 0.433 e. The summed E-state index contributed by atoms with van der Waals surface area (Å²) < 4.78 is 39.3. The molecular weight excluding hydrogens is 231 g/mol. The average molecular weight is 249 g/mol. The first kappa shape index (κ1) is 14.0. The van der Waals surface area contributed by atoms with Gasteiger partial charge in [0.1, 0.15) is 5.69 Å². The fourth-order valence-electron chi connectivity index (χ4n) is 1.62. The Kier molecular flexibility index (Phi) is 4.56. The molecule has 0 radical (unpaired) electrons. The van der Waals surface area contributed by atoms with Crippen LogP contribution in [0.4, 0.5) is 13.2 Å². The normalized spacial score (nSPS) is 12.4. The SMILES string of the molecule is CNCCCc1cc(C(F)(F)F)n(C(C)C)n1. The molecule has 1 heterocycles. The van der Waals surface area contributed by atoms with Crippen molar-refractivity contribution in [3.8, 4) is 0 Å². The predicted octanol–water partition coefficient (Wildman–Crippen LogP) is 2.63. The second-order valence-electron chi connectivity index (χ2n) is 4.26. The lowest BCUT2D eigenvalue weighted by molar-refractivity contribution is -0.144. The van der Waals surface area contributed by atoms with Crippen LogP contribution in [0, 0.1) is 0 Å². The van der Waals surface area contributed by atoms with Crippen LogP contribution in [0.3, 0.4) is 0 Å². The van der Waals surface area contributed by atoms with Crippen molar-refractivity contribution in [1.29, 1.82) is 0 Å². The first-order chi connectivity index (χ1) is 7.86. The fourth-order valence-corrected chi connectivity index (χ4v) is 1.62. The Balaban J connectivity index is 2.89. The van der Waals surface area contributed by atoms with Gasteiger partial charge in [0.15, 0.2) is 0 Å². The molecule has 6 heteroatoms. The zero-order chi connectivity index (χ0) is 13.1. The van der Waals surface area contributed by atoms with Crippen LogP contribution in [0.25, 0.3) is 0 Å². The lowest BCUT2D eigenvalue weighted by atomic mass is 10.2. The van der Waals surface area contributed by atoms with E-state index in [2.05, 4.69) is 10.4 Å². The van der Waals surface area contributed by atoms with E-state index in [1.165, 1.54) is 0 Å². The molecule has 0 aliphatic carbocycles. The van der Waals surface area contributed by atoms with E-state index in [9.17, 15) is 13.2 Å². The third-order valence-electron chi connectivity index (χ3n) is 2.43. The maximum Gasteiger partial charge on any atom is 0.433 e. The second kappa shape index (κ2) is 5.53. The van der Waals surface area contributed by atoms with Crippen molar-refractivity contribution in [2.24, 2.45) is 0 Å². The van der Waals surface area contributed by atoms with Gasteiger partial charge in [-0.05, 0) is 46.3 Å². The number of aromatic nitrogens is 2. The molecule has 1 rings (SSSR count). The van der Waals surface area contributed by atoms with Crippen molar-refractivity contribution in [2.75, 3.05) is 13.6 Å². The molecule has 1 N–H and O–H groups in total. The van der Waals surface area contributed by atoms with Gasteiger partial charge in [-0.25, -0.2) is 0 Å². The van der Waals surface area contributed by atoms with E-state index in [0.29, 0.717) is 12.1 Å². The van der Waals surface area contributed by atoms with Gasteiger partial charge in [0.05, 0.1) is 5.69 Å². The number of rotatable bonds is 5. The predicted molar refractivity (Wildman–Crippen MR) is 59.9 cm³/mol. The molecule has 0 spiro atoms. The summed E-state index contributed by atoms with van der Waals surface area (Å²) in [6, 6.07) is 0.861. The van der Waals surface area contributed by atoms with Gasteiger partial charge >= 0.3 is 6.18 Å². The van der Waals surface area contributed by atoms with E-state index >= 15 is 0 Å². The number of hydrogen-bond donors (Lipinski definition) is 1. The minimum Gasteiger partial charge on any atom is -0.320 e. The Labute approximate surface area is 99.0 Å². The van der Waals surface area contributed by atoms with Crippen LogP contribution in [0.15, 0.2) is 6.07 Å². The Bertz CT molecular complexity index is 355. The summed E-state index contributed by atoms with van der Waals surface area (Å²) in [7, 11) is 1.81. The van der Waals surface area contributed by atoms with E-state index < -0.39 is 11.9 Å². The quantitative estimate of drug-likeness (QED) is 0.813. The molecule has 0 aliphatic rings. The van der Waals surface area contributed by atoms with Crippen LogP contribution in [0.2, 0.25) is 0 Å². The minimum absolute atomic E-state index is 0.287. The number of nitrogens with one attached hydrogen (secondary N) is 1. The molecule has 0 amide bonds. The number of hydrogen-bond acceptors (Lipinski definition) is 2. The first-order valence-electron chi connectivity index (χ1n) is 5.66. The van der Waals surface area contributed by atoms with Gasteiger partial charge in [0.2, 0.25) is 0 Å². The lowest BCUT2D eigenvalue weighted by Gasteiger charge is -2.12. The molecule has 1 aromatic heterocycles. The van der Waals surface area contributed by atoms with Crippen LogP contribution in [-0.4, -0.2) is 23.4 Å². The van der Waals surface area contributed by atoms with E-state index in [-0.39, 0.29) is 6.04 Å². The second-order valence-corrected chi connectivity index (χ2v) is 4.26. The average Bonchev–Trinajstić information content (AvgIpc) is 2.62. The lowest BCUT2D eigenvalue weighted by Crippen LogP contribution is -2.16. The molecule has 1 aromatic rings. The van der Waals surface area contributed by atoms with Gasteiger partial charge in [-0.1, -0.05) is 0 Å². The zero-order valence-corrected chi connectivity index (χ0v) is 10.3. The molecular formula is C11H18F3N3. The molecule has 0 unspecified atom stereocenters. The smallest absolute Gasteiger partial charge is 0.320 e. The Hall–Kier alpha value is -1.04. The summed E-state index contributed by atoms with van der Waals surface area (Å²) in [5, 5.41) is 6.97. The highest BCUT2D eigenvalue weighted by Crippen LogP contribution is 2.31. The first-order valence-corrected chi connectivity index (χ1v) is 5.66. The highest BCUT2D eigenvalue weighted by atomic mass is 19.4. The van der Waals surface area contributed by atoms with Gasteiger partial charge < -0.3 is 5.32 Å². The van der Waals surface area contributed by atoms with Gasteiger partial charge in [0, 0.05) is 6.04 Å². The number of alkyl halides is 3. The molecule has 0 aliphatic heterocycles. The topological polar surface area (TPSA) is 29.9 Å². The Morgan fingerprint density at radius 2 is 2.06 bits per heavy atom. The van der Waals surface area contributed by atoms with Gasteiger partial charge in [-0.3, -0.25) is 4.68 Å². The van der Waals surface area contributed by atoms with Crippen LogP contribution in [0.1, 0.15) is 37.7 Å². The Morgan fingerprint density at radius 3 is 2.47 bits per heavy atom.